The molecule has 100 valence electrons. The van der Waals surface area contributed by atoms with E-state index in [2.05, 4.69) is 9.97 Å². The number of halogens is 2. The van der Waals surface area contributed by atoms with Gasteiger partial charge in [0.2, 0.25) is 0 Å². The van der Waals surface area contributed by atoms with Gasteiger partial charge in [0.1, 0.15) is 11.5 Å². The molecule has 0 aliphatic rings. The van der Waals surface area contributed by atoms with E-state index in [4.69, 9.17) is 11.6 Å². The van der Waals surface area contributed by atoms with Gasteiger partial charge in [0, 0.05) is 17.8 Å². The zero-order valence-corrected chi connectivity index (χ0v) is 11.3. The topological polar surface area (TPSA) is 45.8 Å². The highest BCUT2D eigenvalue weighted by molar-refractivity contribution is 6.37. The average molecular weight is 289 g/mol. The Labute approximate surface area is 119 Å². The Morgan fingerprint density at radius 1 is 1.30 bits per heavy atom. The zero-order valence-electron chi connectivity index (χ0n) is 10.6. The highest BCUT2D eigenvalue weighted by Crippen LogP contribution is 2.27. The van der Waals surface area contributed by atoms with Crippen molar-refractivity contribution in [3.05, 3.63) is 64.2 Å². The maximum atomic E-state index is 13.9. The van der Waals surface area contributed by atoms with Gasteiger partial charge in [-0.2, -0.15) is 0 Å². The molecular formula is C15H10ClFN2O. The van der Waals surface area contributed by atoms with E-state index in [1.807, 2.05) is 0 Å². The van der Waals surface area contributed by atoms with Crippen LogP contribution in [0.5, 0.6) is 0 Å². The predicted molar refractivity (Wildman–Crippen MR) is 75.7 cm³/mol. The van der Waals surface area contributed by atoms with Crippen molar-refractivity contribution in [1.82, 2.24) is 9.97 Å². The van der Waals surface area contributed by atoms with Crippen LogP contribution in [0.15, 0.2) is 36.7 Å². The molecule has 3 nitrogen and oxygen atoms in total. The number of H-pyrrole nitrogens is 1. The van der Waals surface area contributed by atoms with Gasteiger partial charge in [-0.15, -0.1) is 0 Å². The summed E-state index contributed by atoms with van der Waals surface area (Å²) in [6.45, 7) is 1.77. The summed E-state index contributed by atoms with van der Waals surface area (Å²) in [5, 5.41) is 0.922. The highest BCUT2D eigenvalue weighted by atomic mass is 35.5. The number of aromatic amines is 1. The van der Waals surface area contributed by atoms with Crippen molar-refractivity contribution in [3.8, 4) is 0 Å². The molecular weight excluding hydrogens is 279 g/mol. The fourth-order valence-electron chi connectivity index (χ4n) is 2.15. The predicted octanol–water partition coefficient (Wildman–Crippen LogP) is 3.89. The number of nitrogens with zero attached hydrogens (tertiary/aromatic N) is 1. The second-order valence-electron chi connectivity index (χ2n) is 4.53. The van der Waals surface area contributed by atoms with Crippen molar-refractivity contribution in [2.24, 2.45) is 0 Å². The summed E-state index contributed by atoms with van der Waals surface area (Å²) < 4.78 is 13.9. The van der Waals surface area contributed by atoms with E-state index in [0.29, 0.717) is 21.6 Å². The van der Waals surface area contributed by atoms with Crippen molar-refractivity contribution in [1.29, 1.82) is 0 Å². The Balaban J connectivity index is 2.18. The zero-order chi connectivity index (χ0) is 14.3. The minimum Gasteiger partial charge on any atom is -0.345 e. The number of pyridine rings is 1. The molecule has 2 heterocycles. The van der Waals surface area contributed by atoms with Gasteiger partial charge in [-0.3, -0.25) is 4.79 Å². The Kier molecular flexibility index (Phi) is 3.03. The number of carbonyl (C=O) groups excluding carboxylic acids is 1. The molecule has 1 aromatic carbocycles. The number of rotatable bonds is 2. The summed E-state index contributed by atoms with van der Waals surface area (Å²) in [7, 11) is 0. The first-order chi connectivity index (χ1) is 9.58. The third-order valence-electron chi connectivity index (χ3n) is 3.14. The summed E-state index contributed by atoms with van der Waals surface area (Å²) in [5.74, 6) is -0.951. The molecule has 5 heteroatoms. The minimum absolute atomic E-state index is 0.0245. The fraction of sp³-hybridized carbons (Fsp3) is 0.0667. The van der Waals surface area contributed by atoms with Crippen molar-refractivity contribution in [3.63, 3.8) is 0 Å². The molecule has 0 aliphatic heterocycles. The van der Waals surface area contributed by atoms with Crippen molar-refractivity contribution < 1.29 is 9.18 Å². The molecule has 0 amide bonds. The van der Waals surface area contributed by atoms with E-state index in [1.165, 1.54) is 18.3 Å². The van der Waals surface area contributed by atoms with Gasteiger partial charge in [-0.25, -0.2) is 9.37 Å². The molecule has 0 saturated carbocycles. The first-order valence-electron chi connectivity index (χ1n) is 6.00. The number of hydrogen-bond donors (Lipinski definition) is 1. The second-order valence-corrected chi connectivity index (χ2v) is 4.94. The van der Waals surface area contributed by atoms with E-state index in [1.54, 1.807) is 25.3 Å². The second kappa shape index (κ2) is 4.72. The quantitative estimate of drug-likeness (QED) is 0.727. The number of ketones is 1. The number of aryl methyl sites for hydroxylation is 1. The Morgan fingerprint density at radius 3 is 2.85 bits per heavy atom. The molecule has 0 aliphatic carbocycles. The van der Waals surface area contributed by atoms with Gasteiger partial charge in [-0.05, 0) is 30.7 Å². The molecule has 0 fully saturated rings. The van der Waals surface area contributed by atoms with E-state index in [-0.39, 0.29) is 5.56 Å². The van der Waals surface area contributed by atoms with Gasteiger partial charge in [-0.1, -0.05) is 17.7 Å². The van der Waals surface area contributed by atoms with E-state index >= 15 is 0 Å². The van der Waals surface area contributed by atoms with Crippen LogP contribution >= 0.6 is 11.6 Å². The lowest BCUT2D eigenvalue weighted by atomic mass is 10.0. The molecule has 0 saturated heterocycles. The number of benzene rings is 1. The van der Waals surface area contributed by atoms with Crippen LogP contribution in [0.2, 0.25) is 5.02 Å². The molecule has 3 rings (SSSR count). The Morgan fingerprint density at radius 2 is 2.10 bits per heavy atom. The standard InChI is InChI=1S/C15H10ClFN2O/c1-8-2-3-9(12(17)6-8)14(20)10-7-19-15-13(10)11(16)4-5-18-15/h2-7H,1H3,(H,18,19). The van der Waals surface area contributed by atoms with Gasteiger partial charge in [0.05, 0.1) is 16.1 Å². The van der Waals surface area contributed by atoms with E-state index in [0.717, 1.165) is 5.56 Å². The van der Waals surface area contributed by atoms with Crippen LogP contribution in [-0.2, 0) is 0 Å². The monoisotopic (exact) mass is 288 g/mol. The summed E-state index contributed by atoms with van der Waals surface area (Å²) >= 11 is 6.09. The SMILES string of the molecule is Cc1ccc(C(=O)c2c[nH]c3nccc(Cl)c23)c(F)c1. The van der Waals surface area contributed by atoms with Gasteiger partial charge in [0.25, 0.3) is 0 Å². The summed E-state index contributed by atoms with van der Waals surface area (Å²) in [6.07, 6.45) is 3.05. The van der Waals surface area contributed by atoms with Crippen LogP contribution in [-0.4, -0.2) is 15.8 Å². The summed E-state index contributed by atoms with van der Waals surface area (Å²) in [5.41, 5.74) is 1.61. The molecule has 20 heavy (non-hydrogen) atoms. The molecule has 0 bridgehead atoms. The number of fused-ring (bicyclic) bond motifs is 1. The van der Waals surface area contributed by atoms with Gasteiger partial charge in [0.15, 0.2) is 5.78 Å². The van der Waals surface area contributed by atoms with Crippen LogP contribution in [0.3, 0.4) is 0 Å². The average Bonchev–Trinajstić information content (AvgIpc) is 2.83. The smallest absolute Gasteiger partial charge is 0.198 e. The van der Waals surface area contributed by atoms with Crippen LogP contribution < -0.4 is 0 Å². The van der Waals surface area contributed by atoms with Gasteiger partial charge >= 0.3 is 0 Å². The third-order valence-corrected chi connectivity index (χ3v) is 3.45. The van der Waals surface area contributed by atoms with Crippen molar-refractivity contribution >= 4 is 28.4 Å². The van der Waals surface area contributed by atoms with Gasteiger partial charge < -0.3 is 4.98 Å². The van der Waals surface area contributed by atoms with E-state index in [9.17, 15) is 9.18 Å². The Bertz CT molecular complexity index is 826. The lowest BCUT2D eigenvalue weighted by molar-refractivity contribution is 0.103. The Hall–Kier alpha value is -2.20. The molecule has 0 unspecified atom stereocenters. The highest BCUT2D eigenvalue weighted by Gasteiger charge is 2.19. The molecule has 2 aromatic heterocycles. The number of nitrogens with one attached hydrogen (secondary N) is 1. The lowest BCUT2D eigenvalue weighted by Crippen LogP contribution is -2.04. The van der Waals surface area contributed by atoms with Crippen LogP contribution in [0.1, 0.15) is 21.5 Å². The van der Waals surface area contributed by atoms with Crippen molar-refractivity contribution in [2.45, 2.75) is 6.92 Å². The molecule has 0 atom stereocenters. The molecule has 0 spiro atoms. The molecule has 0 radical (unpaired) electrons. The fourth-order valence-corrected chi connectivity index (χ4v) is 2.39. The first-order valence-corrected chi connectivity index (χ1v) is 6.38. The summed E-state index contributed by atoms with van der Waals surface area (Å²) in [6, 6.07) is 6.11. The van der Waals surface area contributed by atoms with E-state index < -0.39 is 11.6 Å². The van der Waals surface area contributed by atoms with Crippen LogP contribution in [0.4, 0.5) is 4.39 Å². The largest absolute Gasteiger partial charge is 0.345 e. The lowest BCUT2D eigenvalue weighted by Gasteiger charge is -2.03. The third kappa shape index (κ3) is 1.98. The first kappa shape index (κ1) is 12.8. The molecule has 3 aromatic rings. The maximum absolute atomic E-state index is 13.9. The van der Waals surface area contributed by atoms with Crippen molar-refractivity contribution in [2.75, 3.05) is 0 Å². The summed E-state index contributed by atoms with van der Waals surface area (Å²) in [4.78, 5) is 19.4. The number of carbonyl (C=O) groups is 1. The molecule has 1 N–H and O–H groups in total. The number of hydrogen-bond acceptors (Lipinski definition) is 2. The van der Waals surface area contributed by atoms with Crippen LogP contribution in [0, 0.1) is 12.7 Å². The minimum atomic E-state index is -0.538. The normalized spacial score (nSPS) is 10.9. The van der Waals surface area contributed by atoms with Crippen LogP contribution in [0.25, 0.3) is 11.0 Å². The number of aromatic nitrogens is 2. The maximum Gasteiger partial charge on any atom is 0.198 e.